The van der Waals surface area contributed by atoms with Crippen molar-refractivity contribution in [1.29, 1.82) is 0 Å². The van der Waals surface area contributed by atoms with E-state index >= 15 is 0 Å². The minimum absolute atomic E-state index is 0.103. The first-order valence-electron chi connectivity index (χ1n) is 9.79. The Morgan fingerprint density at radius 2 is 1.88 bits per heavy atom. The Bertz CT molecular complexity index is 681. The molecule has 0 radical (unpaired) electrons. The van der Waals surface area contributed by atoms with E-state index in [0.717, 1.165) is 32.1 Å². The molecule has 0 aromatic carbocycles. The lowest BCUT2D eigenvalue weighted by atomic mass is 9.47. The molecule has 3 saturated carbocycles. The normalized spacial score (nSPS) is 46.0. The van der Waals surface area contributed by atoms with Gasteiger partial charge in [-0.15, -0.1) is 0 Å². The number of hydrogen-bond donors (Lipinski definition) is 1. The fourth-order valence-electron chi connectivity index (χ4n) is 6.80. The van der Waals surface area contributed by atoms with Gasteiger partial charge >= 0.3 is 0 Å². The van der Waals surface area contributed by atoms with Gasteiger partial charge in [0.1, 0.15) is 0 Å². The van der Waals surface area contributed by atoms with E-state index in [4.69, 9.17) is 0 Å². The van der Waals surface area contributed by atoms with Gasteiger partial charge in [-0.25, -0.2) is 0 Å². The van der Waals surface area contributed by atoms with Gasteiger partial charge in [-0.2, -0.15) is 0 Å². The second-order valence-electron chi connectivity index (χ2n) is 9.32. The zero-order valence-corrected chi connectivity index (χ0v) is 15.6. The van der Waals surface area contributed by atoms with Crippen LogP contribution in [0.25, 0.3) is 0 Å². The quantitative estimate of drug-likeness (QED) is 0.795. The smallest absolute Gasteiger partial charge is 0.217 e. The first kappa shape index (κ1) is 17.0. The summed E-state index contributed by atoms with van der Waals surface area (Å²) in [5.74, 6) is 1.88. The molecule has 6 atom stereocenters. The number of rotatable bonds is 1. The highest BCUT2D eigenvalue weighted by molar-refractivity contribution is 5.92. The van der Waals surface area contributed by atoms with Crippen LogP contribution in [0, 0.1) is 28.6 Å². The SMILES string of the molecule is CC(=O)N[C@H]1C(=O)C[C@@H]2[C@@H]3CCC4=CC(=O)CC[C@@]4(C)[C@@H]3CC[C@@]21C. The average molecular weight is 343 g/mol. The molecule has 0 bridgehead atoms. The Morgan fingerprint density at radius 3 is 2.60 bits per heavy atom. The van der Waals surface area contributed by atoms with Crippen LogP contribution in [-0.2, 0) is 14.4 Å². The van der Waals surface area contributed by atoms with E-state index in [1.807, 2.05) is 6.08 Å². The molecular formula is C21H29NO3. The van der Waals surface area contributed by atoms with Crippen LogP contribution in [0.15, 0.2) is 11.6 Å². The van der Waals surface area contributed by atoms with E-state index in [2.05, 4.69) is 19.2 Å². The molecule has 0 saturated heterocycles. The van der Waals surface area contributed by atoms with Crippen LogP contribution in [0.5, 0.6) is 0 Å². The van der Waals surface area contributed by atoms with Gasteiger partial charge in [0.2, 0.25) is 5.91 Å². The highest BCUT2D eigenvalue weighted by Gasteiger charge is 2.61. The van der Waals surface area contributed by atoms with Crippen molar-refractivity contribution in [2.75, 3.05) is 0 Å². The number of carbonyl (C=O) groups excluding carboxylic acids is 3. The standard InChI is InChI=1S/C21H29NO3/c1-12(23)22-19-18(25)11-17-15-5-4-13-10-14(24)6-8-20(13,2)16(15)7-9-21(17,19)3/h10,15-17,19H,4-9,11H2,1-3H3,(H,22,23)/t15-,16-,17-,19+,20-,21+/m1/s1. The third kappa shape index (κ3) is 2.36. The lowest BCUT2D eigenvalue weighted by Gasteiger charge is -2.57. The van der Waals surface area contributed by atoms with Crippen molar-refractivity contribution in [3.05, 3.63) is 11.6 Å². The van der Waals surface area contributed by atoms with Gasteiger partial charge < -0.3 is 5.32 Å². The second kappa shape index (κ2) is 5.52. The van der Waals surface area contributed by atoms with Crippen LogP contribution in [0.4, 0.5) is 0 Å². The zero-order chi connectivity index (χ0) is 18.0. The Morgan fingerprint density at radius 1 is 1.12 bits per heavy atom. The molecule has 136 valence electrons. The van der Waals surface area contributed by atoms with Gasteiger partial charge in [0.05, 0.1) is 6.04 Å². The van der Waals surface area contributed by atoms with E-state index in [1.165, 1.54) is 12.5 Å². The Balaban J connectivity index is 1.66. The first-order chi connectivity index (χ1) is 11.8. The number of allylic oxidation sites excluding steroid dienone is 1. The van der Waals surface area contributed by atoms with Gasteiger partial charge in [0.15, 0.2) is 11.6 Å². The van der Waals surface area contributed by atoms with Crippen LogP contribution < -0.4 is 5.32 Å². The molecule has 0 aromatic rings. The summed E-state index contributed by atoms with van der Waals surface area (Å²) in [6.45, 7) is 6.08. The Kier molecular flexibility index (Phi) is 3.75. The molecule has 4 aliphatic rings. The number of fused-ring (bicyclic) bond motifs is 5. The number of ketones is 2. The molecule has 4 rings (SSSR count). The second-order valence-corrected chi connectivity index (χ2v) is 9.32. The topological polar surface area (TPSA) is 63.2 Å². The minimum atomic E-state index is -0.311. The van der Waals surface area contributed by atoms with E-state index in [0.29, 0.717) is 30.6 Å². The molecule has 0 heterocycles. The fourth-order valence-corrected chi connectivity index (χ4v) is 6.80. The zero-order valence-electron chi connectivity index (χ0n) is 15.6. The molecule has 25 heavy (non-hydrogen) atoms. The van der Waals surface area contributed by atoms with Gasteiger partial charge in [-0.05, 0) is 66.8 Å². The summed E-state index contributed by atoms with van der Waals surface area (Å²) in [5.41, 5.74) is 1.38. The van der Waals surface area contributed by atoms with Crippen molar-refractivity contribution in [1.82, 2.24) is 5.32 Å². The average Bonchev–Trinajstić information content (AvgIpc) is 2.79. The molecular weight excluding hydrogens is 314 g/mol. The number of nitrogens with one attached hydrogen (secondary N) is 1. The number of carbonyl (C=O) groups is 3. The number of Topliss-reactive ketones (excluding diaryl/α,β-unsaturated/α-hetero) is 1. The van der Waals surface area contributed by atoms with Crippen molar-refractivity contribution < 1.29 is 14.4 Å². The molecule has 4 nitrogen and oxygen atoms in total. The van der Waals surface area contributed by atoms with Crippen LogP contribution in [0.1, 0.15) is 65.7 Å². The van der Waals surface area contributed by atoms with Crippen molar-refractivity contribution in [3.63, 3.8) is 0 Å². The van der Waals surface area contributed by atoms with Gasteiger partial charge in [-0.1, -0.05) is 19.4 Å². The molecule has 1 N–H and O–H groups in total. The van der Waals surface area contributed by atoms with E-state index < -0.39 is 0 Å². The monoisotopic (exact) mass is 343 g/mol. The summed E-state index contributed by atoms with van der Waals surface area (Å²) >= 11 is 0. The van der Waals surface area contributed by atoms with E-state index in [9.17, 15) is 14.4 Å². The van der Waals surface area contributed by atoms with Crippen molar-refractivity contribution in [2.24, 2.45) is 28.6 Å². The molecule has 0 unspecified atom stereocenters. The molecule has 4 aliphatic carbocycles. The predicted octanol–water partition coefficient (Wildman–Crippen LogP) is 3.20. The summed E-state index contributed by atoms with van der Waals surface area (Å²) in [4.78, 5) is 36.2. The highest BCUT2D eigenvalue weighted by Crippen LogP contribution is 2.64. The molecule has 1 amide bonds. The van der Waals surface area contributed by atoms with E-state index in [-0.39, 0.29) is 34.3 Å². The van der Waals surface area contributed by atoms with Crippen molar-refractivity contribution in [2.45, 2.75) is 71.8 Å². The molecule has 0 aliphatic heterocycles. The van der Waals surface area contributed by atoms with Crippen molar-refractivity contribution >= 4 is 17.5 Å². The van der Waals surface area contributed by atoms with Crippen LogP contribution in [-0.4, -0.2) is 23.5 Å². The Hall–Kier alpha value is -1.45. The Labute approximate surface area is 149 Å². The molecule has 3 fully saturated rings. The maximum Gasteiger partial charge on any atom is 0.217 e. The minimum Gasteiger partial charge on any atom is -0.346 e. The lowest BCUT2D eigenvalue weighted by molar-refractivity contribution is -0.127. The lowest BCUT2D eigenvalue weighted by Crippen LogP contribution is -2.54. The fraction of sp³-hybridized carbons (Fsp3) is 0.762. The highest BCUT2D eigenvalue weighted by atomic mass is 16.2. The summed E-state index contributed by atoms with van der Waals surface area (Å²) in [6, 6.07) is -0.311. The maximum absolute atomic E-state index is 12.7. The van der Waals surface area contributed by atoms with Crippen LogP contribution in [0.3, 0.4) is 0 Å². The third-order valence-electron chi connectivity index (χ3n) is 8.15. The van der Waals surface area contributed by atoms with Gasteiger partial charge in [0.25, 0.3) is 0 Å². The molecule has 0 aromatic heterocycles. The van der Waals surface area contributed by atoms with Crippen LogP contribution in [0.2, 0.25) is 0 Å². The third-order valence-corrected chi connectivity index (χ3v) is 8.15. The summed E-state index contributed by atoms with van der Waals surface area (Å²) < 4.78 is 0. The largest absolute Gasteiger partial charge is 0.346 e. The first-order valence-corrected chi connectivity index (χ1v) is 9.79. The predicted molar refractivity (Wildman–Crippen MR) is 94.7 cm³/mol. The number of hydrogen-bond acceptors (Lipinski definition) is 3. The van der Waals surface area contributed by atoms with Crippen molar-refractivity contribution in [3.8, 4) is 0 Å². The molecule has 0 spiro atoms. The summed E-state index contributed by atoms with van der Waals surface area (Å²) in [6.07, 6.45) is 8.33. The molecule has 4 heteroatoms. The number of amides is 1. The van der Waals surface area contributed by atoms with Crippen LogP contribution >= 0.6 is 0 Å². The maximum atomic E-state index is 12.7. The van der Waals surface area contributed by atoms with Gasteiger partial charge in [-0.3, -0.25) is 14.4 Å². The summed E-state index contributed by atoms with van der Waals surface area (Å²) in [7, 11) is 0. The van der Waals surface area contributed by atoms with Gasteiger partial charge in [0, 0.05) is 19.8 Å². The van der Waals surface area contributed by atoms with E-state index in [1.54, 1.807) is 0 Å². The summed E-state index contributed by atoms with van der Waals surface area (Å²) in [5, 5.41) is 2.95.